The summed E-state index contributed by atoms with van der Waals surface area (Å²) in [5, 5.41) is 23.7. The zero-order chi connectivity index (χ0) is 28.6. The van der Waals surface area contributed by atoms with Crippen LogP contribution in [0, 0.1) is 6.92 Å². The normalized spacial score (nSPS) is 16.8. The topological polar surface area (TPSA) is 140 Å². The van der Waals surface area contributed by atoms with Gasteiger partial charge >= 0.3 is 0 Å². The lowest BCUT2D eigenvalue weighted by atomic mass is 9.90. The Labute approximate surface area is 230 Å². The molecule has 2 aromatic carbocycles. The minimum Gasteiger partial charge on any atom is -0.504 e. The van der Waals surface area contributed by atoms with E-state index in [1.54, 1.807) is 26.2 Å². The Morgan fingerprint density at radius 3 is 2.73 bits per heavy atom. The zero-order valence-electron chi connectivity index (χ0n) is 22.8. The molecule has 2 atom stereocenters. The molecule has 0 saturated carbocycles. The highest BCUT2D eigenvalue weighted by Crippen LogP contribution is 2.49. The first-order chi connectivity index (χ1) is 19.2. The molecule has 5 rings (SSSR count). The Morgan fingerprint density at radius 2 is 1.98 bits per heavy atom. The highest BCUT2D eigenvalue weighted by molar-refractivity contribution is 5.78. The highest BCUT2D eigenvalue weighted by atomic mass is 16.7. The molecule has 3 heterocycles. The molecule has 0 spiro atoms. The van der Waals surface area contributed by atoms with Crippen molar-refractivity contribution in [1.29, 1.82) is 0 Å². The lowest BCUT2D eigenvalue weighted by Gasteiger charge is -2.36. The lowest BCUT2D eigenvalue weighted by molar-refractivity contribution is -0.121. The molecule has 0 fully saturated rings. The fraction of sp³-hybridized carbons (Fsp3) is 0.379. The second-order valence-corrected chi connectivity index (χ2v) is 9.89. The summed E-state index contributed by atoms with van der Waals surface area (Å²) in [6.07, 6.45) is 0.648. The van der Waals surface area contributed by atoms with Gasteiger partial charge < -0.3 is 38.9 Å². The van der Waals surface area contributed by atoms with E-state index in [0.29, 0.717) is 28.6 Å². The Kier molecular flexibility index (Phi) is 7.49. The number of aromatic hydroxyl groups is 2. The van der Waals surface area contributed by atoms with Crippen LogP contribution in [0.4, 0.5) is 0 Å². The van der Waals surface area contributed by atoms with Gasteiger partial charge in [0, 0.05) is 31.1 Å². The maximum atomic E-state index is 13.4. The number of nitrogens with one attached hydrogen (secondary N) is 1. The second-order valence-electron chi connectivity index (χ2n) is 9.89. The smallest absolute Gasteiger partial charge is 0.231 e. The third kappa shape index (κ3) is 5.00. The monoisotopic (exact) mass is 552 g/mol. The number of amides is 1. The highest BCUT2D eigenvalue weighted by Gasteiger charge is 2.34. The molecule has 40 heavy (non-hydrogen) atoms. The Balaban J connectivity index is 1.43. The molecule has 1 aromatic heterocycles. The van der Waals surface area contributed by atoms with Crippen molar-refractivity contribution in [1.82, 2.24) is 10.2 Å². The van der Waals surface area contributed by atoms with Gasteiger partial charge in [-0.05, 0) is 49.7 Å². The van der Waals surface area contributed by atoms with Crippen molar-refractivity contribution < 1.29 is 38.4 Å². The number of ether oxygens (including phenoxy) is 4. The van der Waals surface area contributed by atoms with Gasteiger partial charge in [0.05, 0.1) is 26.2 Å². The number of carbonyl (C=O) groups excluding carboxylic acids is 1. The molecule has 11 heteroatoms. The number of fused-ring (bicyclic) bond motifs is 2. The quantitative estimate of drug-likeness (QED) is 0.382. The van der Waals surface area contributed by atoms with E-state index < -0.39 is 17.1 Å². The van der Waals surface area contributed by atoms with Crippen LogP contribution >= 0.6 is 0 Å². The number of aryl methyl sites for hydroxylation is 1. The first kappa shape index (κ1) is 27.2. The number of phenolic OH excluding ortho intramolecular Hbond substituents is 1. The molecule has 0 bridgehead atoms. The van der Waals surface area contributed by atoms with E-state index >= 15 is 0 Å². The summed E-state index contributed by atoms with van der Waals surface area (Å²) in [6, 6.07) is 7.52. The number of hydrogen-bond acceptors (Lipinski definition) is 10. The molecular weight excluding hydrogens is 520 g/mol. The van der Waals surface area contributed by atoms with Gasteiger partial charge in [-0.25, -0.2) is 0 Å². The summed E-state index contributed by atoms with van der Waals surface area (Å²) in [5.41, 5.74) is 1.91. The standard InChI is InChI=1S/C29H32N2O9/c1-15-9-21(33)26(35)27(40-15)18(16-5-6-20(32)22(10-16)36-3)12-24(34)30-13-19-25-17(7-8-31(19)2)11-23-28(29(25)37-4)39-14-38-23/h5-6,9-11,18-19,32,35H,7-8,12-14H2,1-4H3,(H,30,34)/t18-,19-/m1/s1. The first-order valence-corrected chi connectivity index (χ1v) is 12.9. The van der Waals surface area contributed by atoms with Crippen molar-refractivity contribution >= 4 is 5.91 Å². The largest absolute Gasteiger partial charge is 0.504 e. The van der Waals surface area contributed by atoms with Gasteiger partial charge in [0.2, 0.25) is 29.6 Å². The maximum absolute atomic E-state index is 13.4. The van der Waals surface area contributed by atoms with Crippen molar-refractivity contribution in [2.45, 2.75) is 31.7 Å². The number of hydrogen-bond donors (Lipinski definition) is 3. The molecule has 11 nitrogen and oxygen atoms in total. The van der Waals surface area contributed by atoms with E-state index in [0.717, 1.165) is 24.1 Å². The van der Waals surface area contributed by atoms with E-state index in [1.807, 2.05) is 13.1 Å². The molecule has 0 saturated heterocycles. The van der Waals surface area contributed by atoms with Gasteiger partial charge in [-0.15, -0.1) is 0 Å². The number of nitrogens with zero attached hydrogens (tertiary/aromatic N) is 1. The van der Waals surface area contributed by atoms with Crippen LogP contribution in [0.25, 0.3) is 0 Å². The van der Waals surface area contributed by atoms with Crippen molar-refractivity contribution in [2.24, 2.45) is 0 Å². The Bertz CT molecular complexity index is 1500. The number of benzene rings is 2. The number of methoxy groups -OCH3 is 2. The van der Waals surface area contributed by atoms with Crippen LogP contribution < -0.4 is 29.7 Å². The van der Waals surface area contributed by atoms with E-state index in [9.17, 15) is 19.8 Å². The van der Waals surface area contributed by atoms with Gasteiger partial charge in [0.15, 0.2) is 28.8 Å². The van der Waals surface area contributed by atoms with Crippen LogP contribution in [0.3, 0.4) is 0 Å². The average molecular weight is 553 g/mol. The van der Waals surface area contributed by atoms with Crippen LogP contribution in [0.5, 0.6) is 34.5 Å². The molecule has 0 aliphatic carbocycles. The van der Waals surface area contributed by atoms with Gasteiger partial charge in [-0.3, -0.25) is 14.5 Å². The molecular formula is C29H32N2O9. The van der Waals surface area contributed by atoms with Gasteiger partial charge in [0.1, 0.15) is 5.76 Å². The van der Waals surface area contributed by atoms with Gasteiger partial charge in [0.25, 0.3) is 0 Å². The second kappa shape index (κ2) is 11.0. The van der Waals surface area contributed by atoms with Crippen molar-refractivity contribution in [3.8, 4) is 34.5 Å². The zero-order valence-corrected chi connectivity index (χ0v) is 22.8. The summed E-state index contributed by atoms with van der Waals surface area (Å²) in [7, 11) is 4.97. The van der Waals surface area contributed by atoms with Crippen molar-refractivity contribution in [3.63, 3.8) is 0 Å². The lowest BCUT2D eigenvalue weighted by Crippen LogP contribution is -2.40. The van der Waals surface area contributed by atoms with E-state index in [-0.39, 0.29) is 49.0 Å². The number of phenols is 1. The van der Waals surface area contributed by atoms with E-state index in [4.69, 9.17) is 23.4 Å². The van der Waals surface area contributed by atoms with Gasteiger partial charge in [-0.1, -0.05) is 6.07 Å². The number of carbonyl (C=O) groups is 1. The Hall–Kier alpha value is -4.38. The fourth-order valence-corrected chi connectivity index (χ4v) is 5.39. The van der Waals surface area contributed by atoms with Crippen LogP contribution in [0.1, 0.15) is 46.6 Å². The molecule has 2 aliphatic heterocycles. The van der Waals surface area contributed by atoms with Gasteiger partial charge in [-0.2, -0.15) is 0 Å². The predicted molar refractivity (Wildman–Crippen MR) is 144 cm³/mol. The van der Waals surface area contributed by atoms with E-state index in [2.05, 4.69) is 10.2 Å². The summed E-state index contributed by atoms with van der Waals surface area (Å²) in [6.45, 7) is 2.76. The minimum absolute atomic E-state index is 0.0394. The van der Waals surface area contributed by atoms with Crippen LogP contribution in [-0.4, -0.2) is 62.2 Å². The van der Waals surface area contributed by atoms with Crippen molar-refractivity contribution in [2.75, 3.05) is 41.1 Å². The third-order valence-electron chi connectivity index (χ3n) is 7.42. The molecule has 1 amide bonds. The van der Waals surface area contributed by atoms with Crippen LogP contribution in [-0.2, 0) is 11.2 Å². The number of likely N-dealkylation sites (N-methyl/N-ethyl adjacent to an activating group) is 1. The SMILES string of the molecule is COc1cc([C@@H](CC(=O)NC[C@@H]2c3c(cc4c(c3OC)OCO4)CCN2C)c2oc(C)cc(=O)c2O)ccc1O. The van der Waals surface area contributed by atoms with Crippen molar-refractivity contribution in [3.05, 3.63) is 68.8 Å². The Morgan fingerprint density at radius 1 is 1.18 bits per heavy atom. The summed E-state index contributed by atoms with van der Waals surface area (Å²) >= 11 is 0. The maximum Gasteiger partial charge on any atom is 0.231 e. The molecule has 3 N–H and O–H groups in total. The third-order valence-corrected chi connectivity index (χ3v) is 7.42. The minimum atomic E-state index is -0.832. The number of rotatable bonds is 8. The molecule has 212 valence electrons. The predicted octanol–water partition coefficient (Wildman–Crippen LogP) is 2.97. The summed E-state index contributed by atoms with van der Waals surface area (Å²) in [4.78, 5) is 27.9. The molecule has 3 aromatic rings. The fourth-order valence-electron chi connectivity index (χ4n) is 5.39. The molecule has 0 radical (unpaired) electrons. The van der Waals surface area contributed by atoms with Crippen LogP contribution in [0.15, 0.2) is 39.5 Å². The van der Waals surface area contributed by atoms with Crippen LogP contribution in [0.2, 0.25) is 0 Å². The molecule has 2 aliphatic rings. The molecule has 0 unspecified atom stereocenters. The van der Waals surface area contributed by atoms with E-state index in [1.165, 1.54) is 19.2 Å². The summed E-state index contributed by atoms with van der Waals surface area (Å²) in [5.74, 6) is 0.411. The summed E-state index contributed by atoms with van der Waals surface area (Å²) < 4.78 is 28.0. The first-order valence-electron chi connectivity index (χ1n) is 12.9. The average Bonchev–Trinajstić information content (AvgIpc) is 3.41.